The lowest BCUT2D eigenvalue weighted by molar-refractivity contribution is -0.392. The van der Waals surface area contributed by atoms with Gasteiger partial charge in [0.05, 0.1) is 27.3 Å². The van der Waals surface area contributed by atoms with Crippen molar-refractivity contribution in [2.45, 2.75) is 6.18 Å². The molecule has 0 aliphatic heterocycles. The summed E-state index contributed by atoms with van der Waals surface area (Å²) in [6.07, 6.45) is -2.44. The Morgan fingerprint density at radius 3 is 2.16 bits per heavy atom. The molecule has 1 heterocycles. The molecule has 0 saturated carbocycles. The van der Waals surface area contributed by atoms with Crippen LogP contribution >= 0.6 is 0 Å². The third-order valence-corrected chi connectivity index (χ3v) is 2.88. The van der Waals surface area contributed by atoms with Gasteiger partial charge in [-0.25, -0.2) is 0 Å². The Hall–Kier alpha value is -3.57. The summed E-state index contributed by atoms with van der Waals surface area (Å²) in [5.41, 5.74) is -2.15. The molecule has 0 spiro atoms. The van der Waals surface area contributed by atoms with E-state index in [1.165, 1.54) is 12.3 Å². The number of pyridine rings is 1. The van der Waals surface area contributed by atoms with Gasteiger partial charge in [0.1, 0.15) is 0 Å². The molecule has 0 aliphatic carbocycles. The number of halogens is 3. The van der Waals surface area contributed by atoms with E-state index in [2.05, 4.69) is 15.5 Å². The molecule has 9 nitrogen and oxygen atoms in total. The van der Waals surface area contributed by atoms with E-state index in [0.29, 0.717) is 5.69 Å². The minimum absolute atomic E-state index is 0.200. The molecule has 2 rings (SSSR count). The van der Waals surface area contributed by atoms with Crippen molar-refractivity contribution in [3.63, 3.8) is 0 Å². The van der Waals surface area contributed by atoms with E-state index in [0.717, 1.165) is 6.21 Å². The predicted octanol–water partition coefficient (Wildman–Crippen LogP) is 3.36. The van der Waals surface area contributed by atoms with Crippen LogP contribution < -0.4 is 5.43 Å². The van der Waals surface area contributed by atoms with Gasteiger partial charge in [0, 0.05) is 18.3 Å². The number of alkyl halides is 3. The SMILES string of the molecule is O=[N+]([O-])c1cc(C(F)(F)F)cc([N+](=O)[O-])c1N/N=C\c1ccccn1. The van der Waals surface area contributed by atoms with Crippen molar-refractivity contribution in [1.29, 1.82) is 0 Å². The fourth-order valence-electron chi connectivity index (χ4n) is 1.79. The molecule has 0 radical (unpaired) electrons. The van der Waals surface area contributed by atoms with Gasteiger partial charge in [-0.2, -0.15) is 18.3 Å². The topological polar surface area (TPSA) is 124 Å². The van der Waals surface area contributed by atoms with Gasteiger partial charge in [-0.05, 0) is 12.1 Å². The maximum Gasteiger partial charge on any atom is 0.416 e. The molecule has 0 aliphatic rings. The number of hydrogen-bond donors (Lipinski definition) is 1. The number of anilines is 1. The molecule has 2 aromatic rings. The van der Waals surface area contributed by atoms with Crippen molar-refractivity contribution < 1.29 is 23.0 Å². The van der Waals surface area contributed by atoms with E-state index < -0.39 is 38.6 Å². The molecule has 25 heavy (non-hydrogen) atoms. The summed E-state index contributed by atoms with van der Waals surface area (Å²) in [5.74, 6) is 0. The van der Waals surface area contributed by atoms with Crippen LogP contribution in [-0.2, 0) is 6.18 Å². The fraction of sp³-hybridized carbons (Fsp3) is 0.0769. The van der Waals surface area contributed by atoms with E-state index >= 15 is 0 Å². The van der Waals surface area contributed by atoms with Crippen LogP contribution in [0.4, 0.5) is 30.2 Å². The third-order valence-electron chi connectivity index (χ3n) is 2.88. The van der Waals surface area contributed by atoms with Gasteiger partial charge in [-0.3, -0.25) is 30.6 Å². The van der Waals surface area contributed by atoms with E-state index in [1.807, 2.05) is 0 Å². The molecule has 130 valence electrons. The first kappa shape index (κ1) is 17.8. The number of hydrazone groups is 1. The zero-order valence-electron chi connectivity index (χ0n) is 12.1. The number of hydrogen-bond acceptors (Lipinski definition) is 7. The lowest BCUT2D eigenvalue weighted by atomic mass is 10.1. The van der Waals surface area contributed by atoms with Crippen molar-refractivity contribution in [1.82, 2.24) is 4.98 Å². The Labute approximate surface area is 137 Å². The highest BCUT2D eigenvalue weighted by Gasteiger charge is 2.37. The average Bonchev–Trinajstić information content (AvgIpc) is 2.54. The van der Waals surface area contributed by atoms with Crippen molar-refractivity contribution in [3.05, 3.63) is 68.0 Å². The molecule has 0 saturated heterocycles. The second kappa shape index (κ2) is 6.90. The summed E-state index contributed by atoms with van der Waals surface area (Å²) in [4.78, 5) is 23.6. The average molecular weight is 355 g/mol. The van der Waals surface area contributed by atoms with E-state index in [4.69, 9.17) is 0 Å². The summed E-state index contributed by atoms with van der Waals surface area (Å²) in [6, 6.07) is 5.17. The Kier molecular flexibility index (Phi) is 4.91. The van der Waals surface area contributed by atoms with Crippen LogP contribution in [0, 0.1) is 20.2 Å². The van der Waals surface area contributed by atoms with Gasteiger partial charge >= 0.3 is 17.6 Å². The highest BCUT2D eigenvalue weighted by atomic mass is 19.4. The number of benzene rings is 1. The van der Waals surface area contributed by atoms with Crippen molar-refractivity contribution in [2.75, 3.05) is 5.43 Å². The Morgan fingerprint density at radius 1 is 1.12 bits per heavy atom. The summed E-state index contributed by atoms with van der Waals surface area (Å²) in [5, 5.41) is 25.6. The summed E-state index contributed by atoms with van der Waals surface area (Å²) in [6.45, 7) is 0. The second-order valence-corrected chi connectivity index (χ2v) is 4.53. The molecular formula is C13H8F3N5O4. The first-order valence-electron chi connectivity index (χ1n) is 6.44. The minimum Gasteiger partial charge on any atom is -0.266 e. The first-order valence-corrected chi connectivity index (χ1v) is 6.44. The first-order chi connectivity index (χ1) is 11.7. The summed E-state index contributed by atoms with van der Waals surface area (Å²) < 4.78 is 38.3. The fourth-order valence-corrected chi connectivity index (χ4v) is 1.79. The van der Waals surface area contributed by atoms with E-state index in [1.54, 1.807) is 12.1 Å². The summed E-state index contributed by atoms with van der Waals surface area (Å²) in [7, 11) is 0. The van der Waals surface area contributed by atoms with Gasteiger partial charge in [0.2, 0.25) is 5.69 Å². The zero-order chi connectivity index (χ0) is 18.6. The van der Waals surface area contributed by atoms with E-state index in [-0.39, 0.29) is 12.1 Å². The molecular weight excluding hydrogens is 347 g/mol. The Balaban J connectivity index is 2.49. The minimum atomic E-state index is -4.98. The number of nitro benzene ring substituents is 2. The van der Waals surface area contributed by atoms with Gasteiger partial charge in [-0.1, -0.05) is 6.07 Å². The molecule has 1 N–H and O–H groups in total. The monoisotopic (exact) mass is 355 g/mol. The quantitative estimate of drug-likeness (QED) is 0.498. The third kappa shape index (κ3) is 4.25. The molecule has 0 atom stereocenters. The largest absolute Gasteiger partial charge is 0.416 e. The standard InChI is InChI=1S/C13H8F3N5O4/c14-13(15,16)8-5-10(20(22)23)12(11(6-8)21(24)25)19-18-7-9-3-1-2-4-17-9/h1-7,19H/b18-7-. The number of nitro groups is 2. The van der Waals surface area contributed by atoms with Gasteiger partial charge < -0.3 is 0 Å². The van der Waals surface area contributed by atoms with Crippen LogP contribution in [0.15, 0.2) is 41.6 Å². The lowest BCUT2D eigenvalue weighted by Gasteiger charge is -2.09. The molecule has 1 aromatic carbocycles. The normalized spacial score (nSPS) is 11.5. The smallest absolute Gasteiger partial charge is 0.266 e. The molecule has 0 unspecified atom stereocenters. The molecule has 0 fully saturated rings. The number of rotatable bonds is 5. The number of aromatic nitrogens is 1. The zero-order valence-corrected chi connectivity index (χ0v) is 12.1. The Morgan fingerprint density at radius 2 is 1.72 bits per heavy atom. The summed E-state index contributed by atoms with van der Waals surface area (Å²) >= 11 is 0. The van der Waals surface area contributed by atoms with Crippen LogP contribution in [0.5, 0.6) is 0 Å². The van der Waals surface area contributed by atoms with Gasteiger partial charge in [-0.15, -0.1) is 0 Å². The van der Waals surface area contributed by atoms with Crippen LogP contribution in [0.25, 0.3) is 0 Å². The maximum absolute atomic E-state index is 12.8. The van der Waals surface area contributed by atoms with Crippen molar-refractivity contribution in [3.8, 4) is 0 Å². The van der Waals surface area contributed by atoms with Gasteiger partial charge in [0.25, 0.3) is 0 Å². The predicted molar refractivity (Wildman–Crippen MR) is 80.2 cm³/mol. The van der Waals surface area contributed by atoms with Crippen LogP contribution in [0.2, 0.25) is 0 Å². The highest BCUT2D eigenvalue weighted by Crippen LogP contribution is 2.41. The number of nitrogens with one attached hydrogen (secondary N) is 1. The maximum atomic E-state index is 12.8. The second-order valence-electron chi connectivity index (χ2n) is 4.53. The van der Waals surface area contributed by atoms with Gasteiger partial charge in [0.15, 0.2) is 0 Å². The molecule has 12 heteroatoms. The van der Waals surface area contributed by atoms with Crippen molar-refractivity contribution in [2.24, 2.45) is 5.10 Å². The highest BCUT2D eigenvalue weighted by molar-refractivity contribution is 5.80. The molecule has 0 bridgehead atoms. The molecule has 1 aromatic heterocycles. The van der Waals surface area contributed by atoms with E-state index in [9.17, 15) is 33.4 Å². The van der Waals surface area contributed by atoms with Crippen LogP contribution in [0.1, 0.15) is 11.3 Å². The lowest BCUT2D eigenvalue weighted by Crippen LogP contribution is -2.09. The molecule has 0 amide bonds. The van der Waals surface area contributed by atoms with Crippen LogP contribution in [0.3, 0.4) is 0 Å². The Bertz CT molecular complexity index is 804. The van der Waals surface area contributed by atoms with Crippen molar-refractivity contribution >= 4 is 23.3 Å². The van der Waals surface area contributed by atoms with Crippen LogP contribution in [-0.4, -0.2) is 21.0 Å². The number of nitrogens with zero attached hydrogens (tertiary/aromatic N) is 4.